The first-order valence-corrected chi connectivity index (χ1v) is 9.32. The minimum Gasteiger partial charge on any atom is -0.481 e. The van der Waals surface area contributed by atoms with Crippen molar-refractivity contribution in [3.63, 3.8) is 0 Å². The lowest BCUT2D eigenvalue weighted by Gasteiger charge is -2.36. The number of amides is 2. The number of nitrogens with one attached hydrogen (secondary N) is 1. The standard InChI is InChI=1S/C20H26N2O4/c1-14-7-11-22(12-8-14)18(24)15-3-5-16(6-4-15)21-17(23)13-20(19(25)26)9-2-10-20/h3-6,14H,2,7-13H2,1H3,(H,21,23)(H,25,26). The van der Waals surface area contributed by atoms with Gasteiger partial charge in [-0.2, -0.15) is 0 Å². The van der Waals surface area contributed by atoms with Gasteiger partial charge in [-0.1, -0.05) is 13.3 Å². The normalized spacial score (nSPS) is 19.5. The number of nitrogens with zero attached hydrogens (tertiary/aromatic N) is 1. The van der Waals surface area contributed by atoms with Crippen LogP contribution in [0.15, 0.2) is 24.3 Å². The van der Waals surface area contributed by atoms with Crippen molar-refractivity contribution in [2.24, 2.45) is 11.3 Å². The second-order valence-electron chi connectivity index (χ2n) is 7.72. The van der Waals surface area contributed by atoms with Gasteiger partial charge >= 0.3 is 5.97 Å². The molecule has 3 rings (SSSR count). The van der Waals surface area contributed by atoms with E-state index in [2.05, 4.69) is 12.2 Å². The van der Waals surface area contributed by atoms with E-state index < -0.39 is 11.4 Å². The van der Waals surface area contributed by atoms with Crippen LogP contribution in [0.25, 0.3) is 0 Å². The van der Waals surface area contributed by atoms with E-state index in [0.717, 1.165) is 32.4 Å². The van der Waals surface area contributed by atoms with Gasteiger partial charge < -0.3 is 15.3 Å². The summed E-state index contributed by atoms with van der Waals surface area (Å²) in [4.78, 5) is 37.9. The van der Waals surface area contributed by atoms with Crippen molar-refractivity contribution in [1.29, 1.82) is 0 Å². The third kappa shape index (κ3) is 3.89. The summed E-state index contributed by atoms with van der Waals surface area (Å²) in [5, 5.41) is 12.1. The molecule has 6 heteroatoms. The Morgan fingerprint density at radius 3 is 2.27 bits per heavy atom. The molecule has 1 heterocycles. The van der Waals surface area contributed by atoms with Gasteiger partial charge in [-0.15, -0.1) is 0 Å². The zero-order valence-corrected chi connectivity index (χ0v) is 15.2. The Kier molecular flexibility index (Phi) is 5.30. The molecule has 140 valence electrons. The highest BCUT2D eigenvalue weighted by molar-refractivity contribution is 5.97. The van der Waals surface area contributed by atoms with Gasteiger partial charge in [0.15, 0.2) is 0 Å². The molecule has 26 heavy (non-hydrogen) atoms. The van der Waals surface area contributed by atoms with Gasteiger partial charge in [-0.25, -0.2) is 0 Å². The molecule has 0 bridgehead atoms. The number of carbonyl (C=O) groups excluding carboxylic acids is 2. The van der Waals surface area contributed by atoms with Crippen LogP contribution in [0, 0.1) is 11.3 Å². The van der Waals surface area contributed by atoms with Crippen LogP contribution in [0.1, 0.15) is 55.8 Å². The molecule has 1 aromatic rings. The van der Waals surface area contributed by atoms with Crippen LogP contribution in [0.5, 0.6) is 0 Å². The summed E-state index contributed by atoms with van der Waals surface area (Å²) >= 11 is 0. The zero-order chi connectivity index (χ0) is 18.7. The molecule has 1 aliphatic carbocycles. The lowest BCUT2D eigenvalue weighted by Crippen LogP contribution is -2.41. The van der Waals surface area contributed by atoms with Gasteiger partial charge in [0.2, 0.25) is 5.91 Å². The maximum absolute atomic E-state index is 12.5. The van der Waals surface area contributed by atoms with Crippen LogP contribution in [0.2, 0.25) is 0 Å². The van der Waals surface area contributed by atoms with Crippen LogP contribution in [-0.4, -0.2) is 40.9 Å². The fourth-order valence-corrected chi connectivity index (χ4v) is 3.67. The zero-order valence-electron chi connectivity index (χ0n) is 15.2. The second kappa shape index (κ2) is 7.48. The first-order chi connectivity index (χ1) is 12.4. The molecule has 1 aromatic carbocycles. The number of carboxylic acid groups (broad SMARTS) is 1. The average molecular weight is 358 g/mol. The molecule has 0 radical (unpaired) electrons. The van der Waals surface area contributed by atoms with E-state index in [0.29, 0.717) is 30.0 Å². The Labute approximate surface area is 153 Å². The Hall–Kier alpha value is -2.37. The van der Waals surface area contributed by atoms with E-state index >= 15 is 0 Å². The fraction of sp³-hybridized carbons (Fsp3) is 0.550. The van der Waals surface area contributed by atoms with Crippen LogP contribution >= 0.6 is 0 Å². The molecule has 0 unspecified atom stereocenters. The van der Waals surface area contributed by atoms with E-state index in [-0.39, 0.29) is 18.2 Å². The molecular weight excluding hydrogens is 332 g/mol. The molecule has 6 nitrogen and oxygen atoms in total. The molecule has 2 amide bonds. The maximum Gasteiger partial charge on any atom is 0.310 e. The van der Waals surface area contributed by atoms with Crippen molar-refractivity contribution >= 4 is 23.5 Å². The molecule has 0 spiro atoms. The summed E-state index contributed by atoms with van der Waals surface area (Å²) in [6.07, 6.45) is 4.02. The topological polar surface area (TPSA) is 86.7 Å². The molecule has 2 aliphatic rings. The Morgan fingerprint density at radius 2 is 1.77 bits per heavy atom. The first-order valence-electron chi connectivity index (χ1n) is 9.32. The quantitative estimate of drug-likeness (QED) is 0.846. The second-order valence-corrected chi connectivity index (χ2v) is 7.72. The van der Waals surface area contributed by atoms with Crippen molar-refractivity contribution in [1.82, 2.24) is 4.90 Å². The summed E-state index contributed by atoms with van der Waals surface area (Å²) in [5.41, 5.74) is 0.294. The van der Waals surface area contributed by atoms with E-state index in [4.69, 9.17) is 0 Å². The van der Waals surface area contributed by atoms with Crippen LogP contribution in [-0.2, 0) is 9.59 Å². The van der Waals surface area contributed by atoms with Crippen molar-refractivity contribution in [2.75, 3.05) is 18.4 Å². The number of aliphatic carboxylic acids is 1. The number of likely N-dealkylation sites (tertiary alicyclic amines) is 1. The van der Waals surface area contributed by atoms with Crippen molar-refractivity contribution < 1.29 is 19.5 Å². The minimum atomic E-state index is -0.897. The Balaban J connectivity index is 1.56. The summed E-state index contributed by atoms with van der Waals surface area (Å²) in [7, 11) is 0. The highest BCUT2D eigenvalue weighted by Crippen LogP contribution is 2.44. The monoisotopic (exact) mass is 358 g/mol. The summed E-state index contributed by atoms with van der Waals surface area (Å²) in [5.74, 6) is -0.498. The number of piperidine rings is 1. The lowest BCUT2D eigenvalue weighted by atomic mass is 9.66. The molecule has 0 atom stereocenters. The SMILES string of the molecule is CC1CCN(C(=O)c2ccc(NC(=O)CC3(C(=O)O)CCC3)cc2)CC1. The number of benzene rings is 1. The molecule has 1 aliphatic heterocycles. The molecule has 0 aromatic heterocycles. The molecule has 1 saturated carbocycles. The molecule has 2 fully saturated rings. The maximum atomic E-state index is 12.5. The van der Waals surface area contributed by atoms with Crippen molar-refractivity contribution in [3.8, 4) is 0 Å². The van der Waals surface area contributed by atoms with E-state index in [1.165, 1.54) is 0 Å². The van der Waals surface area contributed by atoms with Gasteiger partial charge in [0.05, 0.1) is 5.41 Å². The minimum absolute atomic E-state index is 0.00498. The lowest BCUT2D eigenvalue weighted by molar-refractivity contribution is -0.157. The summed E-state index contributed by atoms with van der Waals surface area (Å²) in [6, 6.07) is 6.83. The predicted octanol–water partition coefficient (Wildman–Crippen LogP) is 3.14. The number of hydrogen-bond acceptors (Lipinski definition) is 3. The number of rotatable bonds is 5. The fourth-order valence-electron chi connectivity index (χ4n) is 3.67. The number of carboxylic acids is 1. The van der Waals surface area contributed by atoms with Crippen LogP contribution < -0.4 is 5.32 Å². The van der Waals surface area contributed by atoms with Gasteiger partial charge in [0, 0.05) is 30.8 Å². The number of carbonyl (C=O) groups is 3. The van der Waals surface area contributed by atoms with Crippen molar-refractivity contribution in [3.05, 3.63) is 29.8 Å². The third-order valence-corrected chi connectivity index (χ3v) is 5.75. The van der Waals surface area contributed by atoms with Gasteiger partial charge in [0.1, 0.15) is 0 Å². The van der Waals surface area contributed by atoms with E-state index in [1.54, 1.807) is 24.3 Å². The molecular formula is C20H26N2O4. The van der Waals surface area contributed by atoms with Gasteiger partial charge in [0.25, 0.3) is 5.91 Å². The molecule has 2 N–H and O–H groups in total. The highest BCUT2D eigenvalue weighted by atomic mass is 16.4. The third-order valence-electron chi connectivity index (χ3n) is 5.75. The Bertz CT molecular complexity index is 686. The number of hydrogen-bond donors (Lipinski definition) is 2. The largest absolute Gasteiger partial charge is 0.481 e. The summed E-state index contributed by atoms with van der Waals surface area (Å²) < 4.78 is 0. The van der Waals surface area contributed by atoms with Crippen LogP contribution in [0.3, 0.4) is 0 Å². The molecule has 1 saturated heterocycles. The van der Waals surface area contributed by atoms with Gasteiger partial charge in [-0.3, -0.25) is 14.4 Å². The van der Waals surface area contributed by atoms with Crippen molar-refractivity contribution in [2.45, 2.75) is 45.4 Å². The van der Waals surface area contributed by atoms with E-state index in [1.807, 2.05) is 4.90 Å². The smallest absolute Gasteiger partial charge is 0.310 e. The van der Waals surface area contributed by atoms with Crippen LogP contribution in [0.4, 0.5) is 5.69 Å². The van der Waals surface area contributed by atoms with E-state index in [9.17, 15) is 19.5 Å². The Morgan fingerprint density at radius 1 is 1.15 bits per heavy atom. The van der Waals surface area contributed by atoms with Gasteiger partial charge in [-0.05, 0) is 55.9 Å². The highest BCUT2D eigenvalue weighted by Gasteiger charge is 2.45. The number of anilines is 1. The first kappa shape index (κ1) is 18.4. The summed E-state index contributed by atoms with van der Waals surface area (Å²) in [6.45, 7) is 3.78. The predicted molar refractivity (Wildman–Crippen MR) is 97.9 cm³/mol. The average Bonchev–Trinajstić information content (AvgIpc) is 2.58.